The third-order valence-electron chi connectivity index (χ3n) is 6.65. The molecule has 0 aromatic carbocycles. The summed E-state index contributed by atoms with van der Waals surface area (Å²) in [5.74, 6) is 1.58. The first-order valence-electron chi connectivity index (χ1n) is 11.2. The topological polar surface area (TPSA) is 62.2 Å². The number of allylic oxidation sites excluding steroid dienone is 1. The molecule has 1 aliphatic carbocycles. The van der Waals surface area contributed by atoms with Crippen LogP contribution in [0.4, 0.5) is 0 Å². The Balaban J connectivity index is 1.81. The molecule has 0 spiro atoms. The van der Waals surface area contributed by atoms with Crippen molar-refractivity contribution in [2.45, 2.75) is 58.2 Å². The minimum Gasteiger partial charge on any atom is -0.459 e. The first-order valence-corrected chi connectivity index (χ1v) is 11.2. The van der Waals surface area contributed by atoms with Gasteiger partial charge >= 0.3 is 0 Å². The fraction of sp³-hybridized carbons (Fsp3) is 0.864. The van der Waals surface area contributed by atoms with Crippen molar-refractivity contribution in [3.05, 3.63) is 11.8 Å². The largest absolute Gasteiger partial charge is 0.459 e. The SMILES string of the molecule is CCO[C@@H]1OC(C(=O)N2CCN(C)CC2)=C[C@H](C2CCCCC2)[C@H]1CCCO. The smallest absolute Gasteiger partial charge is 0.288 e. The highest BCUT2D eigenvalue weighted by atomic mass is 16.7. The molecule has 1 amide bonds. The Kier molecular flexibility index (Phi) is 8.18. The first-order chi connectivity index (χ1) is 13.6. The number of hydrogen-bond acceptors (Lipinski definition) is 5. The third kappa shape index (κ3) is 5.28. The van der Waals surface area contributed by atoms with E-state index in [1.165, 1.54) is 32.1 Å². The fourth-order valence-corrected chi connectivity index (χ4v) is 5.00. The lowest BCUT2D eigenvalue weighted by Gasteiger charge is -2.42. The van der Waals surface area contributed by atoms with Gasteiger partial charge in [-0.15, -0.1) is 0 Å². The van der Waals surface area contributed by atoms with Crippen molar-refractivity contribution in [2.75, 3.05) is 46.4 Å². The third-order valence-corrected chi connectivity index (χ3v) is 6.65. The highest BCUT2D eigenvalue weighted by Crippen LogP contribution is 2.42. The van der Waals surface area contributed by atoms with Gasteiger partial charge in [-0.1, -0.05) is 19.3 Å². The first kappa shape index (κ1) is 21.6. The molecule has 3 rings (SSSR count). The molecule has 28 heavy (non-hydrogen) atoms. The Morgan fingerprint density at radius 1 is 1.21 bits per heavy atom. The van der Waals surface area contributed by atoms with E-state index in [1.807, 2.05) is 11.8 Å². The van der Waals surface area contributed by atoms with Crippen LogP contribution in [-0.2, 0) is 14.3 Å². The molecule has 6 heteroatoms. The second-order valence-electron chi connectivity index (χ2n) is 8.57. The molecule has 0 unspecified atom stereocenters. The van der Waals surface area contributed by atoms with E-state index in [1.54, 1.807) is 0 Å². The maximum absolute atomic E-state index is 13.2. The van der Waals surface area contributed by atoms with Gasteiger partial charge in [-0.05, 0) is 57.6 Å². The van der Waals surface area contributed by atoms with Crippen LogP contribution >= 0.6 is 0 Å². The van der Waals surface area contributed by atoms with E-state index in [0.717, 1.165) is 39.0 Å². The van der Waals surface area contributed by atoms with Gasteiger partial charge in [0.15, 0.2) is 5.76 Å². The molecular weight excluding hydrogens is 356 g/mol. The van der Waals surface area contributed by atoms with Crippen LogP contribution in [0.1, 0.15) is 51.9 Å². The van der Waals surface area contributed by atoms with Crippen LogP contribution in [0.15, 0.2) is 11.8 Å². The van der Waals surface area contributed by atoms with E-state index in [2.05, 4.69) is 18.0 Å². The van der Waals surface area contributed by atoms with Crippen molar-refractivity contribution in [3.63, 3.8) is 0 Å². The highest BCUT2D eigenvalue weighted by molar-refractivity contribution is 5.91. The second-order valence-corrected chi connectivity index (χ2v) is 8.57. The Labute approximate surface area is 169 Å². The second kappa shape index (κ2) is 10.6. The fourth-order valence-electron chi connectivity index (χ4n) is 5.00. The molecule has 1 saturated carbocycles. The molecular formula is C22H38N2O4. The summed E-state index contributed by atoms with van der Waals surface area (Å²) in [7, 11) is 2.09. The molecule has 160 valence electrons. The Hall–Kier alpha value is -1.11. The maximum Gasteiger partial charge on any atom is 0.288 e. The zero-order chi connectivity index (χ0) is 19.9. The minimum absolute atomic E-state index is 0.0132. The van der Waals surface area contributed by atoms with Gasteiger partial charge < -0.3 is 24.4 Å². The van der Waals surface area contributed by atoms with Crippen LogP contribution in [0.2, 0.25) is 0 Å². The Morgan fingerprint density at radius 2 is 1.93 bits per heavy atom. The van der Waals surface area contributed by atoms with Crippen molar-refractivity contribution in [1.82, 2.24) is 9.80 Å². The lowest BCUT2D eigenvalue weighted by Crippen LogP contribution is -2.49. The van der Waals surface area contributed by atoms with Gasteiger partial charge in [0.2, 0.25) is 6.29 Å². The number of aliphatic hydroxyl groups is 1. The number of rotatable bonds is 7. The molecule has 3 aliphatic rings. The molecule has 2 heterocycles. The van der Waals surface area contributed by atoms with E-state index >= 15 is 0 Å². The van der Waals surface area contributed by atoms with Crippen LogP contribution in [0.5, 0.6) is 0 Å². The van der Waals surface area contributed by atoms with Crippen LogP contribution in [0, 0.1) is 17.8 Å². The standard InChI is InChI=1S/C22H38N2O4/c1-3-27-22-18(10-7-15-25)19(17-8-5-4-6-9-17)16-20(28-22)21(26)24-13-11-23(2)12-14-24/h16-19,22,25H,3-15H2,1-2H3/t18-,19-,22-/m1/s1. The summed E-state index contributed by atoms with van der Waals surface area (Å²) in [5, 5.41) is 9.38. The molecule has 1 N–H and O–H groups in total. The summed E-state index contributed by atoms with van der Waals surface area (Å²) >= 11 is 0. The van der Waals surface area contributed by atoms with Gasteiger partial charge in [0.05, 0.1) is 0 Å². The average molecular weight is 395 g/mol. The Bertz CT molecular complexity index is 525. The van der Waals surface area contributed by atoms with E-state index in [4.69, 9.17) is 9.47 Å². The van der Waals surface area contributed by atoms with Crippen molar-refractivity contribution >= 4 is 5.91 Å². The van der Waals surface area contributed by atoms with Gasteiger partial charge in [-0.2, -0.15) is 0 Å². The number of carbonyl (C=O) groups is 1. The van der Waals surface area contributed by atoms with Crippen molar-refractivity contribution in [1.29, 1.82) is 0 Å². The lowest BCUT2D eigenvalue weighted by molar-refractivity contribution is -0.180. The number of carbonyl (C=O) groups excluding carboxylic acids is 1. The number of nitrogens with zero attached hydrogens (tertiary/aromatic N) is 2. The summed E-state index contributed by atoms with van der Waals surface area (Å²) in [4.78, 5) is 17.3. The van der Waals surface area contributed by atoms with Gasteiger partial charge in [-0.3, -0.25) is 4.79 Å². The van der Waals surface area contributed by atoms with Crippen LogP contribution in [0.25, 0.3) is 0 Å². The monoisotopic (exact) mass is 394 g/mol. The molecule has 0 radical (unpaired) electrons. The minimum atomic E-state index is -0.389. The number of aliphatic hydroxyl groups excluding tert-OH is 1. The summed E-state index contributed by atoms with van der Waals surface area (Å²) in [6.45, 7) is 6.02. The normalized spacial score (nSPS) is 30.0. The van der Waals surface area contributed by atoms with Gasteiger partial charge in [0, 0.05) is 45.3 Å². The van der Waals surface area contributed by atoms with Crippen LogP contribution in [-0.4, -0.2) is 73.5 Å². The molecule has 0 aromatic heterocycles. The van der Waals surface area contributed by atoms with E-state index < -0.39 is 0 Å². The zero-order valence-corrected chi connectivity index (χ0v) is 17.6. The van der Waals surface area contributed by atoms with E-state index in [0.29, 0.717) is 24.2 Å². The molecule has 2 fully saturated rings. The molecule has 2 aliphatic heterocycles. The van der Waals surface area contributed by atoms with E-state index in [9.17, 15) is 9.90 Å². The number of amides is 1. The summed E-state index contributed by atoms with van der Waals surface area (Å²) in [5.41, 5.74) is 0. The predicted octanol–water partition coefficient (Wildman–Crippen LogP) is 2.62. The number of likely N-dealkylation sites (N-methyl/N-ethyl adjacent to an activating group) is 1. The average Bonchev–Trinajstić information content (AvgIpc) is 2.73. The summed E-state index contributed by atoms with van der Waals surface area (Å²) < 4.78 is 12.1. The maximum atomic E-state index is 13.2. The Morgan fingerprint density at radius 3 is 2.57 bits per heavy atom. The molecule has 0 aromatic rings. The molecule has 3 atom stereocenters. The summed E-state index contributed by atoms with van der Waals surface area (Å²) in [6.07, 6.45) is 9.62. The number of piperazine rings is 1. The van der Waals surface area contributed by atoms with Gasteiger partial charge in [0.1, 0.15) is 0 Å². The molecule has 1 saturated heterocycles. The van der Waals surface area contributed by atoms with Crippen molar-refractivity contribution in [3.8, 4) is 0 Å². The van der Waals surface area contributed by atoms with Crippen molar-refractivity contribution in [2.24, 2.45) is 17.8 Å². The molecule has 0 bridgehead atoms. The quantitative estimate of drug-likeness (QED) is 0.719. The van der Waals surface area contributed by atoms with Gasteiger partial charge in [0.25, 0.3) is 5.91 Å². The number of ether oxygens (including phenoxy) is 2. The predicted molar refractivity (Wildman–Crippen MR) is 109 cm³/mol. The van der Waals surface area contributed by atoms with Crippen LogP contribution in [0.3, 0.4) is 0 Å². The van der Waals surface area contributed by atoms with Crippen molar-refractivity contribution < 1.29 is 19.4 Å². The van der Waals surface area contributed by atoms with E-state index in [-0.39, 0.29) is 24.7 Å². The zero-order valence-electron chi connectivity index (χ0n) is 17.6. The molecule has 6 nitrogen and oxygen atoms in total. The lowest BCUT2D eigenvalue weighted by atomic mass is 9.71. The number of hydrogen-bond donors (Lipinski definition) is 1. The highest BCUT2D eigenvalue weighted by Gasteiger charge is 2.41. The van der Waals surface area contributed by atoms with Crippen LogP contribution < -0.4 is 0 Å². The van der Waals surface area contributed by atoms with Gasteiger partial charge in [-0.25, -0.2) is 0 Å². The summed E-state index contributed by atoms with van der Waals surface area (Å²) in [6, 6.07) is 0.